The number of hydrogen-bond donors (Lipinski definition) is 1. The fourth-order valence-electron chi connectivity index (χ4n) is 1.54. The Morgan fingerprint density at radius 3 is 1.82 bits per heavy atom. The molecule has 1 aromatic rings. The maximum absolute atomic E-state index is 12.5. The summed E-state index contributed by atoms with van der Waals surface area (Å²) in [6.07, 6.45) is -4.77. The van der Waals surface area contributed by atoms with Crippen molar-refractivity contribution in [3.63, 3.8) is 0 Å². The molecule has 0 fully saturated rings. The number of alkyl halides is 3. The van der Waals surface area contributed by atoms with E-state index in [-0.39, 0.29) is 11.5 Å². The van der Waals surface area contributed by atoms with Gasteiger partial charge in [0.2, 0.25) is 0 Å². The fraction of sp³-hybridized carbons (Fsp3) is 0.417. The molecule has 0 aliphatic heterocycles. The molecular formula is C12H13F3O2. The predicted octanol–water partition coefficient (Wildman–Crippen LogP) is 3.54. The number of hydrogen-bond acceptors (Lipinski definition) is 1. The number of carbonyl (C=O) groups is 1. The topological polar surface area (TPSA) is 37.3 Å². The molecule has 0 spiro atoms. The predicted molar refractivity (Wildman–Crippen MR) is 57.0 cm³/mol. The molecule has 0 heterocycles. The monoisotopic (exact) mass is 246 g/mol. The lowest BCUT2D eigenvalue weighted by Gasteiger charge is -2.17. The Kier molecular flexibility index (Phi) is 3.80. The molecule has 94 valence electrons. The van der Waals surface area contributed by atoms with E-state index in [4.69, 9.17) is 5.11 Å². The standard InChI is InChI=1S/C12H13F3O2/c1-7(2)8-3-5-9(6-4-8)10(11(16)17)12(13,14)15/h3-7,10H,1-2H3,(H,16,17). The summed E-state index contributed by atoms with van der Waals surface area (Å²) in [6, 6.07) is 5.51. The van der Waals surface area contributed by atoms with Crippen LogP contribution < -0.4 is 0 Å². The van der Waals surface area contributed by atoms with E-state index in [2.05, 4.69) is 0 Å². The average molecular weight is 246 g/mol. The van der Waals surface area contributed by atoms with E-state index in [0.29, 0.717) is 0 Å². The van der Waals surface area contributed by atoms with E-state index >= 15 is 0 Å². The van der Waals surface area contributed by atoms with Crippen LogP contribution in [-0.4, -0.2) is 17.3 Å². The number of rotatable bonds is 3. The summed E-state index contributed by atoms with van der Waals surface area (Å²) in [4.78, 5) is 10.6. The highest BCUT2D eigenvalue weighted by Crippen LogP contribution is 2.35. The van der Waals surface area contributed by atoms with Gasteiger partial charge >= 0.3 is 12.1 Å². The zero-order valence-electron chi connectivity index (χ0n) is 9.45. The van der Waals surface area contributed by atoms with E-state index < -0.39 is 18.1 Å². The number of carboxylic acid groups (broad SMARTS) is 1. The van der Waals surface area contributed by atoms with E-state index in [1.165, 1.54) is 24.3 Å². The average Bonchev–Trinajstić information content (AvgIpc) is 2.15. The van der Waals surface area contributed by atoms with E-state index in [0.717, 1.165) is 5.56 Å². The minimum atomic E-state index is -4.77. The maximum atomic E-state index is 12.5. The first-order valence-electron chi connectivity index (χ1n) is 5.13. The van der Waals surface area contributed by atoms with Gasteiger partial charge in [-0.3, -0.25) is 4.79 Å². The van der Waals surface area contributed by atoms with E-state index in [1.54, 1.807) is 0 Å². The van der Waals surface area contributed by atoms with Crippen molar-refractivity contribution < 1.29 is 23.1 Å². The molecule has 1 N–H and O–H groups in total. The Labute approximate surface area is 97.1 Å². The molecule has 0 saturated heterocycles. The lowest BCUT2D eigenvalue weighted by Crippen LogP contribution is -2.28. The van der Waals surface area contributed by atoms with E-state index in [1.807, 2.05) is 13.8 Å². The third-order valence-corrected chi connectivity index (χ3v) is 2.51. The van der Waals surface area contributed by atoms with Gasteiger partial charge in [0.05, 0.1) is 0 Å². The van der Waals surface area contributed by atoms with Crippen molar-refractivity contribution in [1.29, 1.82) is 0 Å². The van der Waals surface area contributed by atoms with Crippen molar-refractivity contribution in [2.24, 2.45) is 0 Å². The Morgan fingerprint density at radius 1 is 1.12 bits per heavy atom. The molecule has 0 aliphatic carbocycles. The van der Waals surface area contributed by atoms with Gasteiger partial charge in [0.15, 0.2) is 5.92 Å². The maximum Gasteiger partial charge on any atom is 0.406 e. The molecule has 0 aliphatic rings. The van der Waals surface area contributed by atoms with Crippen molar-refractivity contribution in [3.05, 3.63) is 35.4 Å². The van der Waals surface area contributed by atoms with Gasteiger partial charge in [-0.1, -0.05) is 38.1 Å². The van der Waals surface area contributed by atoms with Crippen LogP contribution in [0.3, 0.4) is 0 Å². The van der Waals surface area contributed by atoms with Crippen LogP contribution in [-0.2, 0) is 4.79 Å². The lowest BCUT2D eigenvalue weighted by atomic mass is 9.95. The van der Waals surface area contributed by atoms with Crippen molar-refractivity contribution in [3.8, 4) is 0 Å². The number of carboxylic acids is 1. The molecule has 1 aromatic carbocycles. The van der Waals surface area contributed by atoms with Gasteiger partial charge in [0.25, 0.3) is 0 Å². The van der Waals surface area contributed by atoms with Gasteiger partial charge in [0, 0.05) is 0 Å². The van der Waals surface area contributed by atoms with Crippen LogP contribution >= 0.6 is 0 Å². The van der Waals surface area contributed by atoms with Crippen LogP contribution in [0.4, 0.5) is 13.2 Å². The minimum Gasteiger partial charge on any atom is -0.481 e. The number of benzene rings is 1. The molecule has 1 atom stereocenters. The quantitative estimate of drug-likeness (QED) is 0.885. The summed E-state index contributed by atoms with van der Waals surface area (Å²) in [7, 11) is 0. The van der Waals surface area contributed by atoms with Gasteiger partial charge < -0.3 is 5.11 Å². The summed E-state index contributed by atoms with van der Waals surface area (Å²) in [5, 5.41) is 8.62. The van der Waals surface area contributed by atoms with Crippen LogP contribution in [0.25, 0.3) is 0 Å². The summed E-state index contributed by atoms with van der Waals surface area (Å²) >= 11 is 0. The third kappa shape index (κ3) is 3.22. The van der Waals surface area contributed by atoms with Crippen molar-refractivity contribution in [2.45, 2.75) is 31.9 Å². The molecule has 17 heavy (non-hydrogen) atoms. The fourth-order valence-corrected chi connectivity index (χ4v) is 1.54. The van der Waals surface area contributed by atoms with Crippen molar-refractivity contribution >= 4 is 5.97 Å². The zero-order valence-corrected chi connectivity index (χ0v) is 9.45. The molecule has 1 unspecified atom stereocenters. The van der Waals surface area contributed by atoms with Gasteiger partial charge in [-0.25, -0.2) is 0 Å². The smallest absolute Gasteiger partial charge is 0.406 e. The van der Waals surface area contributed by atoms with Crippen LogP contribution in [0, 0.1) is 0 Å². The highest BCUT2D eigenvalue weighted by molar-refractivity contribution is 5.77. The Bertz CT molecular complexity index is 393. The SMILES string of the molecule is CC(C)c1ccc(C(C(=O)O)C(F)(F)F)cc1. The molecule has 2 nitrogen and oxygen atoms in total. The Morgan fingerprint density at radius 2 is 1.53 bits per heavy atom. The van der Waals surface area contributed by atoms with Crippen molar-refractivity contribution in [2.75, 3.05) is 0 Å². The Hall–Kier alpha value is -1.52. The van der Waals surface area contributed by atoms with E-state index in [9.17, 15) is 18.0 Å². The van der Waals surface area contributed by atoms with Gasteiger partial charge in [-0.2, -0.15) is 13.2 Å². The first-order valence-corrected chi connectivity index (χ1v) is 5.13. The second-order valence-corrected chi connectivity index (χ2v) is 4.13. The largest absolute Gasteiger partial charge is 0.481 e. The van der Waals surface area contributed by atoms with Gasteiger partial charge in [-0.15, -0.1) is 0 Å². The minimum absolute atomic E-state index is 0.193. The Balaban J connectivity index is 3.09. The molecular weight excluding hydrogens is 233 g/mol. The molecule has 1 rings (SSSR count). The molecule has 0 amide bonds. The summed E-state index contributed by atoms with van der Waals surface area (Å²) in [5.41, 5.74) is 0.634. The van der Waals surface area contributed by atoms with Gasteiger partial charge in [-0.05, 0) is 17.0 Å². The van der Waals surface area contributed by atoms with Crippen LogP contribution in [0.5, 0.6) is 0 Å². The highest BCUT2D eigenvalue weighted by atomic mass is 19.4. The normalized spacial score (nSPS) is 13.8. The molecule has 0 radical (unpaired) electrons. The van der Waals surface area contributed by atoms with Crippen LogP contribution in [0.1, 0.15) is 36.8 Å². The summed E-state index contributed by atoms with van der Waals surface area (Å²) in [5.74, 6) is -4.14. The summed E-state index contributed by atoms with van der Waals surface area (Å²) in [6.45, 7) is 3.82. The number of halogens is 3. The van der Waals surface area contributed by atoms with Crippen molar-refractivity contribution in [1.82, 2.24) is 0 Å². The second-order valence-electron chi connectivity index (χ2n) is 4.13. The molecule has 0 saturated carbocycles. The highest BCUT2D eigenvalue weighted by Gasteiger charge is 2.46. The number of aliphatic carboxylic acids is 1. The zero-order chi connectivity index (χ0) is 13.2. The van der Waals surface area contributed by atoms with Crippen LogP contribution in [0.2, 0.25) is 0 Å². The first kappa shape index (κ1) is 13.5. The molecule has 5 heteroatoms. The summed E-state index contributed by atoms with van der Waals surface area (Å²) < 4.78 is 37.6. The second kappa shape index (κ2) is 4.77. The van der Waals surface area contributed by atoms with Gasteiger partial charge in [0.1, 0.15) is 0 Å². The third-order valence-electron chi connectivity index (χ3n) is 2.51. The first-order chi connectivity index (χ1) is 7.73. The van der Waals surface area contributed by atoms with Crippen LogP contribution in [0.15, 0.2) is 24.3 Å². The molecule has 0 aromatic heterocycles. The lowest BCUT2D eigenvalue weighted by molar-refractivity contribution is -0.176. The molecule has 0 bridgehead atoms.